The third-order valence-electron chi connectivity index (χ3n) is 4.12. The highest BCUT2D eigenvalue weighted by Crippen LogP contribution is 2.23. The molecular formula is C15H20N4O2. The second kappa shape index (κ2) is 5.44. The van der Waals surface area contributed by atoms with Crippen molar-refractivity contribution in [1.82, 2.24) is 20.1 Å². The molecule has 1 fully saturated rings. The van der Waals surface area contributed by atoms with Crippen molar-refractivity contribution in [3.63, 3.8) is 0 Å². The van der Waals surface area contributed by atoms with E-state index in [9.17, 15) is 9.90 Å². The molecule has 1 saturated heterocycles. The molecule has 0 aliphatic carbocycles. The fourth-order valence-electron chi connectivity index (χ4n) is 3.07. The lowest BCUT2D eigenvalue weighted by molar-refractivity contribution is 0.0690. The van der Waals surface area contributed by atoms with Crippen LogP contribution < -0.4 is 0 Å². The van der Waals surface area contributed by atoms with Gasteiger partial charge < -0.3 is 5.11 Å². The van der Waals surface area contributed by atoms with Crippen LogP contribution in [-0.2, 0) is 6.54 Å². The Hall–Kier alpha value is -1.95. The van der Waals surface area contributed by atoms with Crippen LogP contribution in [0.4, 0.5) is 0 Å². The summed E-state index contributed by atoms with van der Waals surface area (Å²) in [5.74, 6) is -0.304. The van der Waals surface area contributed by atoms with Crippen molar-refractivity contribution < 1.29 is 9.90 Å². The molecule has 0 unspecified atom stereocenters. The fraction of sp³-hybridized carbons (Fsp3) is 0.533. The number of carboxylic acid groups (broad SMARTS) is 1. The van der Waals surface area contributed by atoms with Gasteiger partial charge in [-0.25, -0.2) is 9.78 Å². The minimum Gasteiger partial charge on any atom is -0.477 e. The second-order valence-electron chi connectivity index (χ2n) is 6.00. The highest BCUT2D eigenvalue weighted by Gasteiger charge is 2.20. The molecule has 112 valence electrons. The van der Waals surface area contributed by atoms with Crippen molar-refractivity contribution in [3.05, 3.63) is 23.0 Å². The predicted molar refractivity (Wildman–Crippen MR) is 79.3 cm³/mol. The standard InChI is InChI=1S/C15H20N4O2/c1-9-4-3-5-19(7-9)8-11-6-12(15(20)21)16-13-10(2)17-18-14(11)13/h6,9H,3-5,7-8H2,1-2H3,(H,17,18)(H,20,21)/t9-/m0/s1. The van der Waals surface area contributed by atoms with Crippen LogP contribution in [0.15, 0.2) is 6.07 Å². The first kappa shape index (κ1) is 14.0. The number of aryl methyl sites for hydroxylation is 1. The molecule has 21 heavy (non-hydrogen) atoms. The summed E-state index contributed by atoms with van der Waals surface area (Å²) in [5, 5.41) is 16.4. The zero-order valence-electron chi connectivity index (χ0n) is 12.4. The number of pyridine rings is 1. The number of aromatic carboxylic acids is 1. The van der Waals surface area contributed by atoms with Crippen LogP contribution in [0, 0.1) is 12.8 Å². The molecule has 1 atom stereocenters. The third kappa shape index (κ3) is 2.76. The lowest BCUT2D eigenvalue weighted by Crippen LogP contribution is -2.33. The van der Waals surface area contributed by atoms with Gasteiger partial charge >= 0.3 is 5.97 Å². The van der Waals surface area contributed by atoms with Crippen molar-refractivity contribution in [2.45, 2.75) is 33.2 Å². The van der Waals surface area contributed by atoms with Crippen LogP contribution in [0.3, 0.4) is 0 Å². The number of nitrogens with one attached hydrogen (secondary N) is 1. The Morgan fingerprint density at radius 3 is 3.05 bits per heavy atom. The largest absolute Gasteiger partial charge is 0.477 e. The molecule has 6 heteroatoms. The molecule has 3 rings (SSSR count). The zero-order valence-corrected chi connectivity index (χ0v) is 12.4. The van der Waals surface area contributed by atoms with E-state index < -0.39 is 5.97 Å². The quantitative estimate of drug-likeness (QED) is 0.904. The molecule has 1 aliphatic rings. The maximum atomic E-state index is 11.3. The molecule has 0 aromatic carbocycles. The highest BCUT2D eigenvalue weighted by atomic mass is 16.4. The molecule has 1 aliphatic heterocycles. The van der Waals surface area contributed by atoms with E-state index in [0.29, 0.717) is 11.4 Å². The Balaban J connectivity index is 1.98. The van der Waals surface area contributed by atoms with Gasteiger partial charge in [0, 0.05) is 13.1 Å². The molecule has 0 saturated carbocycles. The van der Waals surface area contributed by atoms with E-state index in [-0.39, 0.29) is 5.69 Å². The monoisotopic (exact) mass is 288 g/mol. The first-order valence-corrected chi connectivity index (χ1v) is 7.35. The van der Waals surface area contributed by atoms with Gasteiger partial charge in [-0.3, -0.25) is 10.00 Å². The summed E-state index contributed by atoms with van der Waals surface area (Å²) >= 11 is 0. The highest BCUT2D eigenvalue weighted by molar-refractivity contribution is 5.90. The number of fused-ring (bicyclic) bond motifs is 1. The normalized spacial score (nSPS) is 20.0. The van der Waals surface area contributed by atoms with Gasteiger partial charge in [0.25, 0.3) is 0 Å². The summed E-state index contributed by atoms with van der Waals surface area (Å²) < 4.78 is 0. The molecule has 6 nitrogen and oxygen atoms in total. The molecule has 3 heterocycles. The minimum absolute atomic E-state index is 0.0899. The number of piperidine rings is 1. The Morgan fingerprint density at radius 1 is 1.52 bits per heavy atom. The number of hydrogen-bond donors (Lipinski definition) is 2. The summed E-state index contributed by atoms with van der Waals surface area (Å²) in [4.78, 5) is 17.8. The summed E-state index contributed by atoms with van der Waals surface area (Å²) in [5.41, 5.74) is 3.29. The van der Waals surface area contributed by atoms with E-state index in [4.69, 9.17) is 0 Å². The van der Waals surface area contributed by atoms with E-state index in [0.717, 1.165) is 36.4 Å². The van der Waals surface area contributed by atoms with E-state index in [1.54, 1.807) is 6.07 Å². The number of aromatic amines is 1. The van der Waals surface area contributed by atoms with Gasteiger partial charge in [-0.05, 0) is 43.9 Å². The lowest BCUT2D eigenvalue weighted by Gasteiger charge is -2.30. The van der Waals surface area contributed by atoms with E-state index in [1.807, 2.05) is 6.92 Å². The maximum Gasteiger partial charge on any atom is 0.354 e. The zero-order chi connectivity index (χ0) is 15.0. The van der Waals surface area contributed by atoms with Crippen molar-refractivity contribution in [2.75, 3.05) is 13.1 Å². The molecule has 2 N–H and O–H groups in total. The molecule has 2 aromatic rings. The topological polar surface area (TPSA) is 82.1 Å². The summed E-state index contributed by atoms with van der Waals surface area (Å²) in [6.07, 6.45) is 2.46. The maximum absolute atomic E-state index is 11.3. The van der Waals surface area contributed by atoms with E-state index in [1.165, 1.54) is 12.8 Å². The average Bonchev–Trinajstić information content (AvgIpc) is 2.81. The Bertz CT molecular complexity index is 680. The number of likely N-dealkylation sites (tertiary alicyclic amines) is 1. The Kier molecular flexibility index (Phi) is 3.63. The van der Waals surface area contributed by atoms with Gasteiger partial charge in [0.15, 0.2) is 0 Å². The van der Waals surface area contributed by atoms with E-state index >= 15 is 0 Å². The molecule has 0 radical (unpaired) electrons. The van der Waals surface area contributed by atoms with E-state index in [2.05, 4.69) is 27.0 Å². The van der Waals surface area contributed by atoms with Crippen molar-refractivity contribution in [3.8, 4) is 0 Å². The second-order valence-corrected chi connectivity index (χ2v) is 6.00. The minimum atomic E-state index is -0.995. The SMILES string of the molecule is Cc1[nH]nc2c(CN3CCC[C@H](C)C3)cc(C(=O)O)nc12. The van der Waals surface area contributed by atoms with Gasteiger partial charge in [-0.15, -0.1) is 0 Å². The van der Waals surface area contributed by atoms with Crippen LogP contribution in [0.25, 0.3) is 11.0 Å². The molecule has 0 bridgehead atoms. The summed E-state index contributed by atoms with van der Waals surface area (Å²) in [7, 11) is 0. The number of rotatable bonds is 3. The van der Waals surface area contributed by atoms with Gasteiger partial charge in [0.1, 0.15) is 16.7 Å². The number of H-pyrrole nitrogens is 1. The Labute approximate surface area is 123 Å². The number of carbonyl (C=O) groups is 1. The van der Waals surface area contributed by atoms with Gasteiger partial charge in [-0.2, -0.15) is 5.10 Å². The predicted octanol–water partition coefficient (Wildman–Crippen LogP) is 2.20. The fourth-order valence-corrected chi connectivity index (χ4v) is 3.07. The first-order valence-electron chi connectivity index (χ1n) is 7.35. The van der Waals surface area contributed by atoms with Gasteiger partial charge in [0.2, 0.25) is 0 Å². The van der Waals surface area contributed by atoms with Crippen molar-refractivity contribution >= 4 is 17.0 Å². The number of hydrogen-bond acceptors (Lipinski definition) is 4. The van der Waals surface area contributed by atoms with Crippen LogP contribution in [0.1, 0.15) is 41.5 Å². The molecule has 2 aromatic heterocycles. The molecule has 0 spiro atoms. The van der Waals surface area contributed by atoms with Crippen LogP contribution in [-0.4, -0.2) is 44.2 Å². The summed E-state index contributed by atoms with van der Waals surface area (Å²) in [6.45, 7) is 6.96. The van der Waals surface area contributed by atoms with Crippen LogP contribution >= 0.6 is 0 Å². The van der Waals surface area contributed by atoms with Crippen molar-refractivity contribution in [2.24, 2.45) is 5.92 Å². The van der Waals surface area contributed by atoms with Crippen LogP contribution in [0.2, 0.25) is 0 Å². The van der Waals surface area contributed by atoms with Crippen molar-refractivity contribution in [1.29, 1.82) is 0 Å². The number of carboxylic acids is 1. The smallest absolute Gasteiger partial charge is 0.354 e. The van der Waals surface area contributed by atoms with Gasteiger partial charge in [0.05, 0.1) is 5.69 Å². The first-order chi connectivity index (χ1) is 10.0. The van der Waals surface area contributed by atoms with Crippen LogP contribution in [0.5, 0.6) is 0 Å². The van der Waals surface area contributed by atoms with Gasteiger partial charge in [-0.1, -0.05) is 6.92 Å². The molecular weight excluding hydrogens is 268 g/mol. The number of nitrogens with zero attached hydrogens (tertiary/aromatic N) is 3. The summed E-state index contributed by atoms with van der Waals surface area (Å²) in [6, 6.07) is 1.66. The number of aromatic nitrogens is 3. The third-order valence-corrected chi connectivity index (χ3v) is 4.12. The average molecular weight is 288 g/mol. The molecule has 0 amide bonds. The Morgan fingerprint density at radius 2 is 2.33 bits per heavy atom. The lowest BCUT2D eigenvalue weighted by atomic mass is 9.99.